The minimum absolute atomic E-state index is 0.0399. The number of nitrogens with one attached hydrogen (secondary N) is 1. The molecule has 0 spiro atoms. The van der Waals surface area contributed by atoms with E-state index in [1.165, 1.54) is 0 Å². The monoisotopic (exact) mass is 183 g/mol. The lowest BCUT2D eigenvalue weighted by Crippen LogP contribution is -2.13. The lowest BCUT2D eigenvalue weighted by molar-refractivity contribution is 0.159. The molecule has 4 nitrogen and oxygen atoms in total. The van der Waals surface area contributed by atoms with Crippen LogP contribution in [-0.4, -0.2) is 23.4 Å². The number of hydrogen-bond acceptors (Lipinski definition) is 3. The minimum atomic E-state index is -0.395. The summed E-state index contributed by atoms with van der Waals surface area (Å²) in [4.78, 5) is 0. The second-order valence-corrected chi connectivity index (χ2v) is 3.87. The molecule has 3 rings (SSSR count). The molecule has 1 aliphatic heterocycles. The maximum absolute atomic E-state index is 13.4. The third-order valence-corrected chi connectivity index (χ3v) is 3.14. The maximum Gasteiger partial charge on any atom is 0.188 e. The van der Waals surface area contributed by atoms with Crippen molar-refractivity contribution in [3.05, 3.63) is 11.5 Å². The fourth-order valence-electron chi connectivity index (χ4n) is 2.21. The van der Waals surface area contributed by atoms with Gasteiger partial charge in [-0.3, -0.25) is 5.10 Å². The summed E-state index contributed by atoms with van der Waals surface area (Å²) in [6, 6.07) is 0. The van der Waals surface area contributed by atoms with E-state index in [1.54, 1.807) is 0 Å². The van der Waals surface area contributed by atoms with Gasteiger partial charge in [0.25, 0.3) is 0 Å². The van der Waals surface area contributed by atoms with Crippen LogP contribution in [0.4, 0.5) is 10.2 Å². The molecule has 0 amide bonds. The third-order valence-electron chi connectivity index (χ3n) is 3.14. The van der Waals surface area contributed by atoms with E-state index in [9.17, 15) is 4.39 Å². The molecule has 2 atom stereocenters. The zero-order valence-corrected chi connectivity index (χ0v) is 7.01. The van der Waals surface area contributed by atoms with Gasteiger partial charge >= 0.3 is 0 Å². The highest BCUT2D eigenvalue weighted by atomic mass is 19.1. The Morgan fingerprint density at radius 3 is 3.00 bits per heavy atom. The van der Waals surface area contributed by atoms with Crippen LogP contribution in [0.5, 0.6) is 0 Å². The van der Waals surface area contributed by atoms with E-state index < -0.39 is 5.82 Å². The van der Waals surface area contributed by atoms with Crippen LogP contribution in [0.1, 0.15) is 12.1 Å². The van der Waals surface area contributed by atoms with E-state index >= 15 is 0 Å². The van der Waals surface area contributed by atoms with Crippen molar-refractivity contribution in [1.82, 2.24) is 10.2 Å². The van der Waals surface area contributed by atoms with Crippen molar-refractivity contribution >= 4 is 5.82 Å². The highest BCUT2D eigenvalue weighted by Gasteiger charge is 2.61. The Bertz CT molecular complexity index is 364. The van der Waals surface area contributed by atoms with Gasteiger partial charge in [0.15, 0.2) is 11.6 Å². The molecule has 0 aromatic carbocycles. The first kappa shape index (κ1) is 7.32. The quantitative estimate of drug-likeness (QED) is 0.663. The Balaban J connectivity index is 2.05. The normalized spacial score (nSPS) is 36.2. The molecule has 3 N–H and O–H groups in total. The number of nitrogen functional groups attached to an aromatic ring is 1. The van der Waals surface area contributed by atoms with Gasteiger partial charge in [-0.2, -0.15) is 5.10 Å². The summed E-state index contributed by atoms with van der Waals surface area (Å²) in [5, 5.41) is 6.32. The summed E-state index contributed by atoms with van der Waals surface area (Å²) < 4.78 is 18.7. The maximum atomic E-state index is 13.4. The van der Waals surface area contributed by atoms with E-state index in [0.29, 0.717) is 18.2 Å². The van der Waals surface area contributed by atoms with Gasteiger partial charge in [0.05, 0.1) is 18.9 Å². The van der Waals surface area contributed by atoms with Gasteiger partial charge in [-0.1, -0.05) is 0 Å². The smallest absolute Gasteiger partial charge is 0.188 e. The number of hydrogen-bond donors (Lipinski definition) is 2. The Kier molecular flexibility index (Phi) is 1.15. The molecule has 1 aliphatic carbocycles. The number of anilines is 1. The molecule has 1 saturated carbocycles. The second-order valence-electron chi connectivity index (χ2n) is 3.87. The van der Waals surface area contributed by atoms with Gasteiger partial charge in [-0.05, 0) is 12.3 Å². The zero-order valence-electron chi connectivity index (χ0n) is 7.01. The van der Waals surface area contributed by atoms with Crippen LogP contribution in [-0.2, 0) is 10.2 Å². The van der Waals surface area contributed by atoms with Gasteiger partial charge < -0.3 is 10.5 Å². The molecule has 2 fully saturated rings. The van der Waals surface area contributed by atoms with Crippen LogP contribution >= 0.6 is 0 Å². The summed E-state index contributed by atoms with van der Waals surface area (Å²) in [6.07, 6.45) is 0.992. The number of aromatic nitrogens is 2. The van der Waals surface area contributed by atoms with Crippen LogP contribution in [0.15, 0.2) is 0 Å². The van der Waals surface area contributed by atoms with Gasteiger partial charge in [0, 0.05) is 5.41 Å². The van der Waals surface area contributed by atoms with Crippen LogP contribution in [0, 0.1) is 11.7 Å². The number of rotatable bonds is 1. The lowest BCUT2D eigenvalue weighted by atomic mass is 10.0. The van der Waals surface area contributed by atoms with E-state index in [1.807, 2.05) is 0 Å². The molecule has 13 heavy (non-hydrogen) atoms. The number of fused-ring (bicyclic) bond motifs is 1. The fourth-order valence-corrected chi connectivity index (χ4v) is 2.21. The molecule has 2 heterocycles. The van der Waals surface area contributed by atoms with Crippen molar-refractivity contribution < 1.29 is 9.13 Å². The van der Waals surface area contributed by atoms with Crippen LogP contribution in [0.25, 0.3) is 0 Å². The van der Waals surface area contributed by atoms with Crippen molar-refractivity contribution in [2.24, 2.45) is 5.92 Å². The fraction of sp³-hybridized carbons (Fsp3) is 0.625. The molecule has 2 aliphatic rings. The van der Waals surface area contributed by atoms with Crippen molar-refractivity contribution in [2.75, 3.05) is 18.9 Å². The predicted molar refractivity (Wildman–Crippen MR) is 43.6 cm³/mol. The van der Waals surface area contributed by atoms with E-state index in [-0.39, 0.29) is 11.2 Å². The Labute approximate surface area is 74.3 Å². The molecule has 1 saturated heterocycles. The van der Waals surface area contributed by atoms with Gasteiger partial charge in [-0.25, -0.2) is 4.39 Å². The second kappa shape index (κ2) is 2.04. The number of nitrogens with two attached hydrogens (primary N) is 1. The van der Waals surface area contributed by atoms with E-state index in [2.05, 4.69) is 10.2 Å². The SMILES string of the molecule is Nc1n[nH]c(C23COCC2C3)c1F. The van der Waals surface area contributed by atoms with Crippen molar-refractivity contribution in [1.29, 1.82) is 0 Å². The number of H-pyrrole nitrogens is 1. The summed E-state index contributed by atoms with van der Waals surface area (Å²) >= 11 is 0. The Morgan fingerprint density at radius 2 is 2.54 bits per heavy atom. The third kappa shape index (κ3) is 0.751. The molecule has 2 unspecified atom stereocenters. The first-order valence-electron chi connectivity index (χ1n) is 4.31. The van der Waals surface area contributed by atoms with E-state index in [0.717, 1.165) is 13.0 Å². The summed E-state index contributed by atoms with van der Waals surface area (Å²) in [5.41, 5.74) is 5.73. The standard InChI is InChI=1S/C8H10FN3O/c9-5-6(11-12-7(5)10)8-1-4(8)2-13-3-8/h4H,1-3H2,(H3,10,11,12). The molecule has 5 heteroatoms. The number of halogens is 1. The highest BCUT2D eigenvalue weighted by Crippen LogP contribution is 2.58. The summed E-state index contributed by atoms with van der Waals surface area (Å²) in [7, 11) is 0. The molecular weight excluding hydrogens is 173 g/mol. The van der Waals surface area contributed by atoms with Gasteiger partial charge in [0.1, 0.15) is 0 Å². The molecule has 0 radical (unpaired) electrons. The average molecular weight is 183 g/mol. The summed E-state index contributed by atoms with van der Waals surface area (Å²) in [6.45, 7) is 1.33. The predicted octanol–water partition coefficient (Wildman–Crippen LogP) is 0.419. The largest absolute Gasteiger partial charge is 0.380 e. The first-order chi connectivity index (χ1) is 6.24. The number of ether oxygens (including phenoxy) is 1. The topological polar surface area (TPSA) is 63.9 Å². The molecule has 70 valence electrons. The lowest BCUT2D eigenvalue weighted by Gasteiger charge is -2.07. The Hall–Kier alpha value is -1.10. The minimum Gasteiger partial charge on any atom is -0.380 e. The van der Waals surface area contributed by atoms with Crippen LogP contribution in [0.2, 0.25) is 0 Å². The molecular formula is C8H10FN3O. The molecule has 1 aromatic rings. The number of aromatic amines is 1. The van der Waals surface area contributed by atoms with Crippen molar-refractivity contribution in [3.63, 3.8) is 0 Å². The van der Waals surface area contributed by atoms with E-state index in [4.69, 9.17) is 10.5 Å². The molecule has 0 bridgehead atoms. The van der Waals surface area contributed by atoms with Crippen LogP contribution in [0.3, 0.4) is 0 Å². The first-order valence-corrected chi connectivity index (χ1v) is 4.31. The Morgan fingerprint density at radius 1 is 1.69 bits per heavy atom. The highest BCUT2D eigenvalue weighted by molar-refractivity contribution is 5.40. The number of nitrogens with zero attached hydrogens (tertiary/aromatic N) is 1. The van der Waals surface area contributed by atoms with Gasteiger partial charge in [0.2, 0.25) is 0 Å². The zero-order chi connectivity index (χ0) is 9.05. The summed E-state index contributed by atoms with van der Waals surface area (Å²) in [5.74, 6) is 0.0248. The average Bonchev–Trinajstić information content (AvgIpc) is 2.49. The van der Waals surface area contributed by atoms with Crippen molar-refractivity contribution in [2.45, 2.75) is 11.8 Å². The molecule has 1 aromatic heterocycles. The van der Waals surface area contributed by atoms with Crippen molar-refractivity contribution in [3.8, 4) is 0 Å². The van der Waals surface area contributed by atoms with Gasteiger partial charge in [-0.15, -0.1) is 0 Å². The van der Waals surface area contributed by atoms with Crippen LogP contribution < -0.4 is 5.73 Å².